The largest absolute Gasteiger partial charge is 0.462 e. The van der Waals surface area contributed by atoms with Gasteiger partial charge in [0.2, 0.25) is 0 Å². The molecule has 0 saturated carbocycles. The fourth-order valence-corrected chi connectivity index (χ4v) is 8.28. The van der Waals surface area contributed by atoms with Crippen LogP contribution in [0, 0.1) is 0 Å². The number of carbonyl (C=O) groups is 3. The molecule has 6 heteroatoms. The van der Waals surface area contributed by atoms with Gasteiger partial charge in [-0.15, -0.1) is 0 Å². The molecule has 0 aliphatic heterocycles. The van der Waals surface area contributed by atoms with Gasteiger partial charge < -0.3 is 14.2 Å². The van der Waals surface area contributed by atoms with E-state index in [1.54, 1.807) is 0 Å². The second kappa shape index (κ2) is 55.0. The molecule has 384 valence electrons. The number of esters is 3. The molecule has 0 amide bonds. The minimum Gasteiger partial charge on any atom is -0.462 e. The predicted molar refractivity (Wildman–Crippen MR) is 284 cm³/mol. The molecule has 0 spiro atoms. The van der Waals surface area contributed by atoms with Gasteiger partial charge in [-0.1, -0.05) is 249 Å². The molecule has 0 rings (SSSR count). The first-order valence-corrected chi connectivity index (χ1v) is 28.6. The second-order valence-electron chi connectivity index (χ2n) is 19.2. The van der Waals surface area contributed by atoms with E-state index in [-0.39, 0.29) is 31.1 Å². The second-order valence-corrected chi connectivity index (χ2v) is 19.2. The summed E-state index contributed by atoms with van der Waals surface area (Å²) in [5, 5.41) is 0. The van der Waals surface area contributed by atoms with Crippen molar-refractivity contribution in [3.63, 3.8) is 0 Å². The number of rotatable bonds is 52. The molecule has 0 aromatic rings. The highest BCUT2D eigenvalue weighted by atomic mass is 16.6. The van der Waals surface area contributed by atoms with Gasteiger partial charge in [-0.05, 0) is 77.0 Å². The summed E-state index contributed by atoms with van der Waals surface area (Å²) in [5.41, 5.74) is 0. The highest BCUT2D eigenvalue weighted by Gasteiger charge is 2.19. The Morgan fingerprint density at radius 3 is 0.939 bits per heavy atom. The molecule has 1 unspecified atom stereocenters. The summed E-state index contributed by atoms with van der Waals surface area (Å²) in [6.45, 7) is 6.55. The maximum atomic E-state index is 12.8. The molecule has 0 saturated heterocycles. The van der Waals surface area contributed by atoms with Crippen molar-refractivity contribution in [2.75, 3.05) is 13.2 Å². The molecular formula is C60H108O6. The predicted octanol–water partition coefficient (Wildman–Crippen LogP) is 19.0. The Morgan fingerprint density at radius 1 is 0.318 bits per heavy atom. The van der Waals surface area contributed by atoms with Gasteiger partial charge in [-0.2, -0.15) is 0 Å². The molecule has 66 heavy (non-hydrogen) atoms. The van der Waals surface area contributed by atoms with Gasteiger partial charge in [0.1, 0.15) is 13.2 Å². The normalized spacial score (nSPS) is 12.3. The Bertz CT molecular complexity index is 1150. The van der Waals surface area contributed by atoms with Crippen molar-refractivity contribution in [3.05, 3.63) is 48.6 Å². The smallest absolute Gasteiger partial charge is 0.306 e. The molecule has 0 aromatic carbocycles. The molecule has 0 heterocycles. The fourth-order valence-electron chi connectivity index (χ4n) is 8.28. The van der Waals surface area contributed by atoms with E-state index in [4.69, 9.17) is 14.2 Å². The third-order valence-corrected chi connectivity index (χ3v) is 12.6. The average molecular weight is 926 g/mol. The van der Waals surface area contributed by atoms with Gasteiger partial charge >= 0.3 is 17.9 Å². The first-order valence-electron chi connectivity index (χ1n) is 28.6. The topological polar surface area (TPSA) is 78.9 Å². The van der Waals surface area contributed by atoms with Crippen LogP contribution in [0.5, 0.6) is 0 Å². The third-order valence-electron chi connectivity index (χ3n) is 12.6. The van der Waals surface area contributed by atoms with Gasteiger partial charge in [0, 0.05) is 19.3 Å². The standard InChI is InChI=1S/C60H108O6/c1-4-7-10-13-16-19-22-25-28-30-33-35-38-41-44-47-50-53-59(62)65-56-57(55-64-58(61)52-49-46-43-40-37-34-31-27-24-21-18-15-12-9-6-3)66-60(63)54-51-48-45-42-39-36-32-29-26-23-20-17-14-11-8-5-2/h7,10,16,19,25,28-29,32,57H,4-6,8-9,11-15,17-18,20-24,26-27,30-31,33-56H2,1-3H3/b10-7-,19-16-,28-25-,32-29-. The summed E-state index contributed by atoms with van der Waals surface area (Å²) < 4.78 is 16.9. The molecule has 0 aliphatic carbocycles. The maximum Gasteiger partial charge on any atom is 0.306 e. The van der Waals surface area contributed by atoms with Crippen LogP contribution < -0.4 is 0 Å². The van der Waals surface area contributed by atoms with Gasteiger partial charge in [0.15, 0.2) is 6.10 Å². The maximum absolute atomic E-state index is 12.8. The van der Waals surface area contributed by atoms with Crippen LogP contribution in [0.1, 0.15) is 297 Å². The zero-order valence-electron chi connectivity index (χ0n) is 44.0. The summed E-state index contributed by atoms with van der Waals surface area (Å²) in [5.74, 6) is -0.881. The monoisotopic (exact) mass is 925 g/mol. The van der Waals surface area contributed by atoms with Crippen LogP contribution in [0.2, 0.25) is 0 Å². The van der Waals surface area contributed by atoms with Crippen molar-refractivity contribution in [1.29, 1.82) is 0 Å². The first-order chi connectivity index (χ1) is 32.5. The summed E-state index contributed by atoms with van der Waals surface area (Å²) in [6.07, 6.45) is 66.7. The van der Waals surface area contributed by atoms with Crippen molar-refractivity contribution < 1.29 is 28.6 Å². The molecular weight excluding hydrogens is 817 g/mol. The highest BCUT2D eigenvalue weighted by Crippen LogP contribution is 2.16. The van der Waals surface area contributed by atoms with E-state index < -0.39 is 6.10 Å². The van der Waals surface area contributed by atoms with Crippen molar-refractivity contribution in [2.45, 2.75) is 303 Å². The molecule has 0 aliphatic rings. The van der Waals surface area contributed by atoms with E-state index in [1.807, 2.05) is 0 Å². The van der Waals surface area contributed by atoms with E-state index in [0.29, 0.717) is 19.3 Å². The van der Waals surface area contributed by atoms with Gasteiger partial charge in [0.25, 0.3) is 0 Å². The van der Waals surface area contributed by atoms with Gasteiger partial charge in [0.05, 0.1) is 0 Å². The van der Waals surface area contributed by atoms with Crippen LogP contribution in [0.4, 0.5) is 0 Å². The molecule has 0 aromatic heterocycles. The lowest BCUT2D eigenvalue weighted by atomic mass is 10.0. The number of hydrogen-bond donors (Lipinski definition) is 0. The molecule has 0 N–H and O–H groups in total. The van der Waals surface area contributed by atoms with Crippen LogP contribution in [-0.2, 0) is 28.6 Å². The number of unbranched alkanes of at least 4 members (excludes halogenated alkanes) is 33. The Morgan fingerprint density at radius 2 is 0.591 bits per heavy atom. The lowest BCUT2D eigenvalue weighted by molar-refractivity contribution is -0.167. The molecule has 0 radical (unpaired) electrons. The van der Waals surface area contributed by atoms with E-state index in [1.165, 1.54) is 167 Å². The van der Waals surface area contributed by atoms with Crippen molar-refractivity contribution in [1.82, 2.24) is 0 Å². The molecule has 1 atom stereocenters. The number of ether oxygens (including phenoxy) is 3. The third kappa shape index (κ3) is 52.3. The Kier molecular flexibility index (Phi) is 52.8. The van der Waals surface area contributed by atoms with Crippen molar-refractivity contribution >= 4 is 17.9 Å². The summed E-state index contributed by atoms with van der Waals surface area (Å²) >= 11 is 0. The minimum absolute atomic E-state index is 0.0765. The zero-order valence-corrected chi connectivity index (χ0v) is 44.0. The highest BCUT2D eigenvalue weighted by molar-refractivity contribution is 5.71. The van der Waals surface area contributed by atoms with Crippen LogP contribution >= 0.6 is 0 Å². The Hall–Kier alpha value is -2.63. The van der Waals surface area contributed by atoms with Crippen LogP contribution in [0.15, 0.2) is 48.6 Å². The van der Waals surface area contributed by atoms with Gasteiger partial charge in [-0.25, -0.2) is 0 Å². The lowest BCUT2D eigenvalue weighted by Gasteiger charge is -2.18. The molecule has 0 fully saturated rings. The summed E-state index contributed by atoms with van der Waals surface area (Å²) in [6, 6.07) is 0. The van der Waals surface area contributed by atoms with Crippen LogP contribution in [0.25, 0.3) is 0 Å². The molecule has 0 bridgehead atoms. The van der Waals surface area contributed by atoms with E-state index in [9.17, 15) is 14.4 Å². The van der Waals surface area contributed by atoms with E-state index in [2.05, 4.69) is 69.4 Å². The Labute approximate surface area is 409 Å². The summed E-state index contributed by atoms with van der Waals surface area (Å²) in [7, 11) is 0. The first kappa shape index (κ1) is 63.4. The SMILES string of the molecule is CC/C=C\C/C=C\C/C=C\CCCCCCCCCC(=O)OCC(COC(=O)CCCCCCCCCCCCCCCCC)OC(=O)CCCCCCC/C=C\CCCCCCCCC. The lowest BCUT2D eigenvalue weighted by Crippen LogP contribution is -2.30. The fraction of sp³-hybridized carbons (Fsp3) is 0.817. The van der Waals surface area contributed by atoms with Crippen molar-refractivity contribution in [2.24, 2.45) is 0 Å². The quantitative estimate of drug-likeness (QED) is 0.0262. The average Bonchev–Trinajstić information content (AvgIpc) is 3.31. The number of hydrogen-bond acceptors (Lipinski definition) is 6. The molecule has 6 nitrogen and oxygen atoms in total. The number of allylic oxidation sites excluding steroid dienone is 8. The Balaban J connectivity index is 4.38. The van der Waals surface area contributed by atoms with Crippen LogP contribution in [0.3, 0.4) is 0 Å². The minimum atomic E-state index is -0.779. The van der Waals surface area contributed by atoms with E-state index >= 15 is 0 Å². The van der Waals surface area contributed by atoms with Crippen LogP contribution in [-0.4, -0.2) is 37.2 Å². The van der Waals surface area contributed by atoms with Crippen molar-refractivity contribution in [3.8, 4) is 0 Å². The summed E-state index contributed by atoms with van der Waals surface area (Å²) in [4.78, 5) is 38.1. The van der Waals surface area contributed by atoms with Gasteiger partial charge in [-0.3, -0.25) is 14.4 Å². The zero-order chi connectivity index (χ0) is 47.9. The number of carbonyl (C=O) groups excluding carboxylic acids is 3. The van der Waals surface area contributed by atoms with E-state index in [0.717, 1.165) is 89.9 Å².